The SMILES string of the molecule is COC(=O)c1nn(C)c(C)c1NC(=O)CCn1ncc2ccccc21. The zero-order valence-corrected chi connectivity index (χ0v) is 14.3. The van der Waals surface area contributed by atoms with Gasteiger partial charge in [0.15, 0.2) is 5.69 Å². The maximum absolute atomic E-state index is 12.3. The molecule has 0 radical (unpaired) electrons. The van der Waals surface area contributed by atoms with Gasteiger partial charge in [-0.15, -0.1) is 0 Å². The number of nitrogens with zero attached hydrogens (tertiary/aromatic N) is 4. The van der Waals surface area contributed by atoms with Gasteiger partial charge >= 0.3 is 5.97 Å². The summed E-state index contributed by atoms with van der Waals surface area (Å²) < 4.78 is 8.03. The fraction of sp³-hybridized carbons (Fsp3) is 0.294. The lowest BCUT2D eigenvalue weighted by molar-refractivity contribution is -0.116. The molecule has 0 unspecified atom stereocenters. The average molecular weight is 341 g/mol. The van der Waals surface area contributed by atoms with E-state index in [1.54, 1.807) is 24.9 Å². The van der Waals surface area contributed by atoms with Gasteiger partial charge in [-0.1, -0.05) is 18.2 Å². The summed E-state index contributed by atoms with van der Waals surface area (Å²) >= 11 is 0. The Balaban J connectivity index is 1.72. The van der Waals surface area contributed by atoms with Crippen LogP contribution in [0.3, 0.4) is 0 Å². The molecule has 25 heavy (non-hydrogen) atoms. The zero-order valence-electron chi connectivity index (χ0n) is 14.3. The summed E-state index contributed by atoms with van der Waals surface area (Å²) in [5.41, 5.74) is 2.13. The molecule has 3 aromatic rings. The van der Waals surface area contributed by atoms with E-state index in [2.05, 4.69) is 15.5 Å². The molecule has 130 valence electrons. The highest BCUT2D eigenvalue weighted by Crippen LogP contribution is 2.21. The number of nitrogens with one attached hydrogen (secondary N) is 1. The number of para-hydroxylation sites is 1. The van der Waals surface area contributed by atoms with Crippen LogP contribution in [0.25, 0.3) is 10.9 Å². The molecule has 3 rings (SSSR count). The van der Waals surface area contributed by atoms with E-state index in [0.717, 1.165) is 10.9 Å². The largest absolute Gasteiger partial charge is 0.464 e. The molecule has 8 heteroatoms. The molecule has 0 aliphatic carbocycles. The molecule has 1 amide bonds. The lowest BCUT2D eigenvalue weighted by Crippen LogP contribution is -2.17. The number of fused-ring (bicyclic) bond motifs is 1. The predicted molar refractivity (Wildman–Crippen MR) is 92.3 cm³/mol. The van der Waals surface area contributed by atoms with Crippen molar-refractivity contribution in [3.63, 3.8) is 0 Å². The Morgan fingerprint density at radius 1 is 1.28 bits per heavy atom. The van der Waals surface area contributed by atoms with Crippen LogP contribution in [0.1, 0.15) is 22.6 Å². The van der Waals surface area contributed by atoms with Gasteiger partial charge in [-0.25, -0.2) is 4.79 Å². The first-order valence-electron chi connectivity index (χ1n) is 7.83. The van der Waals surface area contributed by atoms with Gasteiger partial charge in [-0.2, -0.15) is 10.2 Å². The number of amides is 1. The number of hydrogen-bond donors (Lipinski definition) is 1. The standard InChI is InChI=1S/C17H19N5O3/c1-11-15(16(17(24)25-3)20-21(11)2)19-14(23)8-9-22-13-7-5-4-6-12(13)10-18-22/h4-7,10H,8-9H2,1-3H3,(H,19,23). The number of carbonyl (C=O) groups excluding carboxylic acids is 2. The topological polar surface area (TPSA) is 91.0 Å². The van der Waals surface area contributed by atoms with Crippen molar-refractivity contribution < 1.29 is 14.3 Å². The first kappa shape index (κ1) is 16.7. The number of aromatic nitrogens is 4. The van der Waals surface area contributed by atoms with Crippen molar-refractivity contribution in [3.05, 3.63) is 41.9 Å². The maximum Gasteiger partial charge on any atom is 0.360 e. The van der Waals surface area contributed by atoms with E-state index in [1.807, 2.05) is 24.3 Å². The summed E-state index contributed by atoms with van der Waals surface area (Å²) in [6.45, 7) is 2.21. The Morgan fingerprint density at radius 2 is 2.04 bits per heavy atom. The molecular weight excluding hydrogens is 322 g/mol. The van der Waals surface area contributed by atoms with E-state index in [-0.39, 0.29) is 18.0 Å². The Labute approximate surface area is 144 Å². The normalized spacial score (nSPS) is 10.8. The van der Waals surface area contributed by atoms with Gasteiger partial charge in [-0.05, 0) is 13.0 Å². The number of methoxy groups -OCH3 is 1. The first-order chi connectivity index (χ1) is 12.0. The molecule has 1 N–H and O–H groups in total. The summed E-state index contributed by atoms with van der Waals surface area (Å²) in [5, 5.41) is 12.2. The fourth-order valence-corrected chi connectivity index (χ4v) is 2.61. The third-order valence-electron chi connectivity index (χ3n) is 4.08. The zero-order chi connectivity index (χ0) is 18.0. The van der Waals surface area contributed by atoms with Crippen LogP contribution in [0, 0.1) is 6.92 Å². The predicted octanol–water partition coefficient (Wildman–Crippen LogP) is 1.89. The number of esters is 1. The molecule has 0 saturated heterocycles. The number of anilines is 1. The summed E-state index contributed by atoms with van der Waals surface area (Å²) in [6.07, 6.45) is 1.99. The smallest absolute Gasteiger partial charge is 0.360 e. The van der Waals surface area contributed by atoms with Crippen molar-refractivity contribution in [1.29, 1.82) is 0 Å². The summed E-state index contributed by atoms with van der Waals surface area (Å²) in [5.74, 6) is -0.807. The highest BCUT2D eigenvalue weighted by molar-refractivity contribution is 6.00. The third kappa shape index (κ3) is 3.23. The second kappa shape index (κ2) is 6.76. The van der Waals surface area contributed by atoms with Crippen molar-refractivity contribution in [2.45, 2.75) is 19.9 Å². The molecule has 0 aliphatic rings. The molecule has 0 aliphatic heterocycles. The second-order valence-electron chi connectivity index (χ2n) is 5.65. The summed E-state index contributed by atoms with van der Waals surface area (Å²) in [4.78, 5) is 24.1. The van der Waals surface area contributed by atoms with E-state index in [4.69, 9.17) is 4.74 Å². The molecule has 0 spiro atoms. The van der Waals surface area contributed by atoms with E-state index in [9.17, 15) is 9.59 Å². The minimum Gasteiger partial charge on any atom is -0.464 e. The molecule has 2 aromatic heterocycles. The van der Waals surface area contributed by atoms with Crippen LogP contribution >= 0.6 is 0 Å². The Kier molecular flexibility index (Phi) is 4.51. The number of rotatable bonds is 5. The number of carbonyl (C=O) groups is 2. The monoisotopic (exact) mass is 341 g/mol. The van der Waals surface area contributed by atoms with Gasteiger partial charge in [0, 0.05) is 18.9 Å². The Hall–Kier alpha value is -3.16. The first-order valence-corrected chi connectivity index (χ1v) is 7.83. The highest BCUT2D eigenvalue weighted by Gasteiger charge is 2.21. The summed E-state index contributed by atoms with van der Waals surface area (Å²) in [7, 11) is 2.98. The summed E-state index contributed by atoms with van der Waals surface area (Å²) in [6, 6.07) is 7.81. The van der Waals surface area contributed by atoms with Crippen LogP contribution in [-0.4, -0.2) is 38.5 Å². The lowest BCUT2D eigenvalue weighted by Gasteiger charge is -2.07. The fourth-order valence-electron chi connectivity index (χ4n) is 2.61. The molecule has 0 bridgehead atoms. The minimum atomic E-state index is -0.586. The number of benzene rings is 1. The maximum atomic E-state index is 12.3. The van der Waals surface area contributed by atoms with Crippen molar-refractivity contribution in [3.8, 4) is 0 Å². The molecule has 0 atom stereocenters. The van der Waals surface area contributed by atoms with Crippen molar-refractivity contribution in [2.24, 2.45) is 7.05 Å². The van der Waals surface area contributed by atoms with E-state index >= 15 is 0 Å². The van der Waals surface area contributed by atoms with Crippen LogP contribution < -0.4 is 5.32 Å². The van der Waals surface area contributed by atoms with E-state index in [0.29, 0.717) is 17.9 Å². The van der Waals surface area contributed by atoms with Crippen LogP contribution in [0.2, 0.25) is 0 Å². The van der Waals surface area contributed by atoms with Crippen molar-refractivity contribution in [2.75, 3.05) is 12.4 Å². The van der Waals surface area contributed by atoms with Gasteiger partial charge in [0.05, 0.1) is 36.7 Å². The molecule has 1 aromatic carbocycles. The molecule has 0 fully saturated rings. The molecule has 8 nitrogen and oxygen atoms in total. The second-order valence-corrected chi connectivity index (χ2v) is 5.65. The average Bonchev–Trinajstić information content (AvgIpc) is 3.15. The molecule has 0 saturated carbocycles. The van der Waals surface area contributed by atoms with Crippen LogP contribution in [0.15, 0.2) is 30.5 Å². The van der Waals surface area contributed by atoms with Gasteiger partial charge < -0.3 is 10.1 Å². The number of aryl methyl sites for hydroxylation is 2. The Bertz CT molecular complexity index is 941. The van der Waals surface area contributed by atoms with E-state index in [1.165, 1.54) is 11.8 Å². The van der Waals surface area contributed by atoms with Crippen LogP contribution in [0.5, 0.6) is 0 Å². The van der Waals surface area contributed by atoms with Crippen LogP contribution in [0.4, 0.5) is 5.69 Å². The minimum absolute atomic E-state index is 0.0976. The Morgan fingerprint density at radius 3 is 2.80 bits per heavy atom. The van der Waals surface area contributed by atoms with Crippen LogP contribution in [-0.2, 0) is 23.1 Å². The number of hydrogen-bond acceptors (Lipinski definition) is 5. The highest BCUT2D eigenvalue weighted by atomic mass is 16.5. The third-order valence-corrected chi connectivity index (χ3v) is 4.08. The van der Waals surface area contributed by atoms with Gasteiger partial charge in [-0.3, -0.25) is 14.2 Å². The van der Waals surface area contributed by atoms with Gasteiger partial charge in [0.25, 0.3) is 0 Å². The molecule has 2 heterocycles. The van der Waals surface area contributed by atoms with Gasteiger partial charge in [0.2, 0.25) is 5.91 Å². The number of ether oxygens (including phenoxy) is 1. The van der Waals surface area contributed by atoms with E-state index < -0.39 is 5.97 Å². The van der Waals surface area contributed by atoms with Crippen molar-refractivity contribution in [1.82, 2.24) is 19.6 Å². The quantitative estimate of drug-likeness (QED) is 0.716. The van der Waals surface area contributed by atoms with Gasteiger partial charge in [0.1, 0.15) is 0 Å². The molecular formula is C17H19N5O3. The lowest BCUT2D eigenvalue weighted by atomic mass is 10.2. The van der Waals surface area contributed by atoms with Crippen molar-refractivity contribution >= 4 is 28.5 Å².